The second-order valence-electron chi connectivity index (χ2n) is 5.04. The third kappa shape index (κ3) is 4.56. The molecule has 2 amide bonds. The zero-order valence-corrected chi connectivity index (χ0v) is 13.4. The summed E-state index contributed by atoms with van der Waals surface area (Å²) in [4.78, 5) is 17.4. The Hall–Kier alpha value is -1.89. The van der Waals surface area contributed by atoms with Gasteiger partial charge in [0.2, 0.25) is 0 Å². The molecule has 114 valence electrons. The minimum absolute atomic E-state index is 0.206. The fourth-order valence-corrected chi connectivity index (χ4v) is 2.71. The van der Waals surface area contributed by atoms with Gasteiger partial charge >= 0.3 is 6.03 Å². The number of aromatic nitrogens is 3. The van der Waals surface area contributed by atoms with Crippen molar-refractivity contribution >= 4 is 23.1 Å². The van der Waals surface area contributed by atoms with Gasteiger partial charge in [0, 0.05) is 36.3 Å². The van der Waals surface area contributed by atoms with Crippen LogP contribution in [0.1, 0.15) is 36.1 Å². The van der Waals surface area contributed by atoms with Crippen LogP contribution in [-0.4, -0.2) is 27.3 Å². The van der Waals surface area contributed by atoms with Crippen molar-refractivity contribution in [3.05, 3.63) is 28.5 Å². The van der Waals surface area contributed by atoms with Crippen LogP contribution in [0.25, 0.3) is 0 Å². The summed E-state index contributed by atoms with van der Waals surface area (Å²) in [6.45, 7) is 7.58. The molecule has 1 atom stereocenters. The highest BCUT2D eigenvalue weighted by atomic mass is 32.1. The molecule has 0 saturated carbocycles. The Morgan fingerprint density at radius 1 is 1.48 bits per heavy atom. The van der Waals surface area contributed by atoms with Crippen molar-refractivity contribution < 1.29 is 4.79 Å². The van der Waals surface area contributed by atoms with E-state index in [2.05, 4.69) is 34.6 Å². The van der Waals surface area contributed by atoms with Gasteiger partial charge in [0.15, 0.2) is 0 Å². The molecule has 0 unspecified atom stereocenters. The molecule has 2 N–H and O–H groups in total. The highest BCUT2D eigenvalue weighted by Gasteiger charge is 2.11. The number of nitrogens with one attached hydrogen (secondary N) is 2. The van der Waals surface area contributed by atoms with E-state index in [1.165, 1.54) is 4.88 Å². The maximum Gasteiger partial charge on any atom is 0.319 e. The van der Waals surface area contributed by atoms with Gasteiger partial charge in [-0.3, -0.25) is 4.68 Å². The molecule has 2 heterocycles. The number of urea groups is 1. The van der Waals surface area contributed by atoms with Gasteiger partial charge in [0.1, 0.15) is 0 Å². The largest absolute Gasteiger partial charge is 0.337 e. The monoisotopic (exact) mass is 307 g/mol. The number of thiazole rings is 1. The molecule has 7 heteroatoms. The number of rotatable bonds is 6. The molecule has 2 rings (SSSR count). The van der Waals surface area contributed by atoms with Crippen LogP contribution in [0.3, 0.4) is 0 Å². The molecule has 0 saturated heterocycles. The summed E-state index contributed by atoms with van der Waals surface area (Å²) >= 11 is 1.66. The normalized spacial score (nSPS) is 12.1. The third-order valence-corrected chi connectivity index (χ3v) is 4.12. The molecule has 0 aliphatic carbocycles. The third-order valence-electron chi connectivity index (χ3n) is 2.97. The average Bonchev–Trinajstić information content (AvgIpc) is 3.06. The zero-order valence-electron chi connectivity index (χ0n) is 12.6. The van der Waals surface area contributed by atoms with E-state index in [-0.39, 0.29) is 11.9 Å². The molecule has 2 aromatic heterocycles. The van der Waals surface area contributed by atoms with Crippen LogP contribution in [0.5, 0.6) is 0 Å². The lowest BCUT2D eigenvalue weighted by atomic mass is 10.2. The van der Waals surface area contributed by atoms with Gasteiger partial charge in [-0.25, -0.2) is 9.78 Å². The van der Waals surface area contributed by atoms with E-state index >= 15 is 0 Å². The molecule has 0 fully saturated rings. The second-order valence-corrected chi connectivity index (χ2v) is 6.30. The molecule has 0 aliphatic heterocycles. The van der Waals surface area contributed by atoms with Gasteiger partial charge in [-0.05, 0) is 13.3 Å². The van der Waals surface area contributed by atoms with E-state index < -0.39 is 0 Å². The quantitative estimate of drug-likeness (QED) is 0.861. The topological polar surface area (TPSA) is 71.8 Å². The number of hydrogen-bond acceptors (Lipinski definition) is 4. The molecule has 0 radical (unpaired) electrons. The van der Waals surface area contributed by atoms with Crippen molar-refractivity contribution in [2.75, 3.05) is 11.9 Å². The fraction of sp³-hybridized carbons (Fsp3) is 0.500. The number of nitrogens with zero attached hydrogens (tertiary/aromatic N) is 3. The van der Waals surface area contributed by atoms with E-state index in [1.54, 1.807) is 17.5 Å². The summed E-state index contributed by atoms with van der Waals surface area (Å²) in [5.41, 5.74) is 0.707. The Labute approximate surface area is 128 Å². The Morgan fingerprint density at radius 3 is 2.95 bits per heavy atom. The molecule has 0 spiro atoms. The number of carbonyl (C=O) groups is 1. The van der Waals surface area contributed by atoms with Crippen molar-refractivity contribution in [2.45, 2.75) is 39.7 Å². The first-order chi connectivity index (χ1) is 10.1. The summed E-state index contributed by atoms with van der Waals surface area (Å²) < 4.78 is 1.82. The lowest BCUT2D eigenvalue weighted by Crippen LogP contribution is -2.31. The minimum atomic E-state index is -0.217. The summed E-state index contributed by atoms with van der Waals surface area (Å²) in [6.07, 6.45) is 6.36. The van der Waals surface area contributed by atoms with E-state index in [1.807, 2.05) is 24.0 Å². The van der Waals surface area contributed by atoms with Crippen LogP contribution in [-0.2, 0) is 6.54 Å². The Balaban J connectivity index is 1.78. The van der Waals surface area contributed by atoms with Crippen molar-refractivity contribution in [1.82, 2.24) is 20.1 Å². The van der Waals surface area contributed by atoms with Gasteiger partial charge in [0.05, 0.1) is 16.9 Å². The van der Waals surface area contributed by atoms with Crippen LogP contribution in [0.4, 0.5) is 10.5 Å². The summed E-state index contributed by atoms with van der Waals surface area (Å²) in [7, 11) is 0. The van der Waals surface area contributed by atoms with Crippen LogP contribution in [0.15, 0.2) is 18.6 Å². The lowest BCUT2D eigenvalue weighted by molar-refractivity contribution is 0.251. The summed E-state index contributed by atoms with van der Waals surface area (Å²) in [5.74, 6) is 0.206. The molecule has 0 aliphatic rings. The van der Waals surface area contributed by atoms with Gasteiger partial charge < -0.3 is 10.6 Å². The van der Waals surface area contributed by atoms with Crippen LogP contribution >= 0.6 is 11.3 Å². The van der Waals surface area contributed by atoms with Crippen molar-refractivity contribution in [3.63, 3.8) is 0 Å². The number of carbonyl (C=O) groups excluding carboxylic acids is 1. The molecular formula is C14H21N5OS. The van der Waals surface area contributed by atoms with E-state index in [4.69, 9.17) is 0 Å². The Kier molecular flexibility index (Phi) is 5.32. The Morgan fingerprint density at radius 2 is 2.29 bits per heavy atom. The number of aryl methyl sites for hydroxylation is 2. The predicted molar refractivity (Wildman–Crippen MR) is 84.8 cm³/mol. The van der Waals surface area contributed by atoms with Gasteiger partial charge in [0.25, 0.3) is 0 Å². The first-order valence-electron chi connectivity index (χ1n) is 7.08. The summed E-state index contributed by atoms with van der Waals surface area (Å²) in [5, 5.41) is 10.9. The molecule has 21 heavy (non-hydrogen) atoms. The number of hydrogen-bond donors (Lipinski definition) is 2. The first-order valence-corrected chi connectivity index (χ1v) is 7.89. The number of anilines is 1. The van der Waals surface area contributed by atoms with Crippen molar-refractivity contribution in [1.29, 1.82) is 0 Å². The predicted octanol–water partition coefficient (Wildman–Crippen LogP) is 2.98. The van der Waals surface area contributed by atoms with E-state index in [0.717, 1.165) is 18.0 Å². The highest BCUT2D eigenvalue weighted by molar-refractivity contribution is 7.11. The van der Waals surface area contributed by atoms with Gasteiger partial charge in [-0.1, -0.05) is 13.8 Å². The van der Waals surface area contributed by atoms with Crippen molar-refractivity contribution in [2.24, 2.45) is 0 Å². The molecule has 0 aromatic carbocycles. The number of amides is 2. The van der Waals surface area contributed by atoms with E-state index in [9.17, 15) is 4.79 Å². The first kappa shape index (κ1) is 15.5. The standard InChI is InChI=1S/C14H21N5OS/c1-4-5-19-9-12(8-17-19)18-14(20)16-6-10(2)13-15-7-11(3)21-13/h7-10H,4-6H2,1-3H3,(H2,16,18,20)/t10-/m1/s1. The van der Waals surface area contributed by atoms with Gasteiger partial charge in [-0.15, -0.1) is 11.3 Å². The maximum atomic E-state index is 11.8. The SMILES string of the molecule is CCCn1cc(NC(=O)NC[C@@H](C)c2ncc(C)s2)cn1. The minimum Gasteiger partial charge on any atom is -0.337 e. The van der Waals surface area contributed by atoms with Gasteiger partial charge in [-0.2, -0.15) is 5.10 Å². The second kappa shape index (κ2) is 7.21. The molecule has 6 nitrogen and oxygen atoms in total. The molecular weight excluding hydrogens is 286 g/mol. The summed E-state index contributed by atoms with van der Waals surface area (Å²) in [6, 6.07) is -0.217. The molecule has 2 aromatic rings. The van der Waals surface area contributed by atoms with Crippen molar-refractivity contribution in [3.8, 4) is 0 Å². The maximum absolute atomic E-state index is 11.8. The fourth-order valence-electron chi connectivity index (χ4n) is 1.89. The highest BCUT2D eigenvalue weighted by Crippen LogP contribution is 2.20. The lowest BCUT2D eigenvalue weighted by Gasteiger charge is -2.10. The molecule has 0 bridgehead atoms. The Bertz CT molecular complexity index is 592. The van der Waals surface area contributed by atoms with Crippen LogP contribution < -0.4 is 10.6 Å². The van der Waals surface area contributed by atoms with Crippen LogP contribution in [0.2, 0.25) is 0 Å². The zero-order chi connectivity index (χ0) is 15.2. The van der Waals surface area contributed by atoms with Crippen LogP contribution in [0, 0.1) is 6.92 Å². The smallest absolute Gasteiger partial charge is 0.319 e. The van der Waals surface area contributed by atoms with E-state index in [0.29, 0.717) is 12.2 Å². The average molecular weight is 307 g/mol.